The molecule has 6 nitrogen and oxygen atoms in total. The number of aromatic nitrogens is 3. The molecule has 6 heteroatoms. The van der Waals surface area contributed by atoms with Gasteiger partial charge in [0, 0.05) is 43.8 Å². The number of hydrogen-bond acceptors (Lipinski definition) is 3. The summed E-state index contributed by atoms with van der Waals surface area (Å²) in [4.78, 5) is 8.84. The Kier molecular flexibility index (Phi) is 6.35. The predicted octanol–water partition coefficient (Wildman–Crippen LogP) is 2.04. The Morgan fingerprint density at radius 3 is 2.67 bits per heavy atom. The second-order valence-electron chi connectivity index (χ2n) is 5.95. The van der Waals surface area contributed by atoms with Crippen LogP contribution in [0.25, 0.3) is 0 Å². The molecule has 0 saturated carbocycles. The summed E-state index contributed by atoms with van der Waals surface area (Å²) < 4.78 is 1.91. The molecular weight excluding hydrogens is 300 g/mol. The van der Waals surface area contributed by atoms with Gasteiger partial charge in [-0.05, 0) is 51.3 Å². The van der Waals surface area contributed by atoms with Gasteiger partial charge in [-0.3, -0.25) is 9.67 Å². The molecule has 0 aliphatic heterocycles. The minimum atomic E-state index is 0.634. The van der Waals surface area contributed by atoms with Gasteiger partial charge in [0.25, 0.3) is 0 Å². The van der Waals surface area contributed by atoms with Crippen molar-refractivity contribution in [3.05, 3.63) is 46.5 Å². The zero-order valence-electron chi connectivity index (χ0n) is 15.3. The summed E-state index contributed by atoms with van der Waals surface area (Å²) in [5.41, 5.74) is 5.94. The molecule has 0 aliphatic carbocycles. The molecule has 0 spiro atoms. The van der Waals surface area contributed by atoms with E-state index in [-0.39, 0.29) is 0 Å². The Hall–Kier alpha value is -2.37. The van der Waals surface area contributed by atoms with E-state index in [9.17, 15) is 0 Å². The molecule has 2 N–H and O–H groups in total. The zero-order chi connectivity index (χ0) is 17.5. The normalized spacial score (nSPS) is 11.6. The van der Waals surface area contributed by atoms with Crippen LogP contribution in [0.4, 0.5) is 0 Å². The van der Waals surface area contributed by atoms with Gasteiger partial charge in [-0.1, -0.05) is 0 Å². The van der Waals surface area contributed by atoms with Gasteiger partial charge in [-0.2, -0.15) is 5.10 Å². The lowest BCUT2D eigenvalue weighted by Crippen LogP contribution is -2.38. The summed E-state index contributed by atoms with van der Waals surface area (Å²) in [7, 11) is 1.97. The van der Waals surface area contributed by atoms with E-state index in [1.165, 1.54) is 22.4 Å². The molecule has 2 rings (SSSR count). The van der Waals surface area contributed by atoms with Crippen LogP contribution in [0.2, 0.25) is 0 Å². The van der Waals surface area contributed by atoms with E-state index >= 15 is 0 Å². The van der Waals surface area contributed by atoms with Crippen molar-refractivity contribution in [3.63, 3.8) is 0 Å². The maximum atomic E-state index is 4.70. The topological polar surface area (TPSA) is 67.1 Å². The van der Waals surface area contributed by atoms with Crippen molar-refractivity contribution in [1.82, 2.24) is 25.4 Å². The number of hydrogen-bond donors (Lipinski definition) is 2. The third-order valence-corrected chi connectivity index (χ3v) is 4.22. The highest BCUT2D eigenvalue weighted by molar-refractivity contribution is 5.79. The molecule has 0 radical (unpaired) electrons. The van der Waals surface area contributed by atoms with E-state index in [4.69, 9.17) is 4.99 Å². The van der Waals surface area contributed by atoms with Crippen molar-refractivity contribution in [2.24, 2.45) is 12.0 Å². The van der Waals surface area contributed by atoms with Crippen molar-refractivity contribution in [2.75, 3.05) is 13.1 Å². The largest absolute Gasteiger partial charge is 0.357 e. The third-order valence-electron chi connectivity index (χ3n) is 4.22. The fourth-order valence-corrected chi connectivity index (χ4v) is 2.64. The van der Waals surface area contributed by atoms with Crippen molar-refractivity contribution in [3.8, 4) is 0 Å². The molecule has 2 aromatic rings. The van der Waals surface area contributed by atoms with Crippen LogP contribution in [0, 0.1) is 20.8 Å². The number of nitrogens with zero attached hydrogens (tertiary/aromatic N) is 4. The lowest BCUT2D eigenvalue weighted by Gasteiger charge is -2.12. The van der Waals surface area contributed by atoms with Gasteiger partial charge in [-0.15, -0.1) is 0 Å². The summed E-state index contributed by atoms with van der Waals surface area (Å²) in [6.07, 6.45) is 4.70. The van der Waals surface area contributed by atoms with Gasteiger partial charge in [0.2, 0.25) is 0 Å². The molecule has 0 saturated heterocycles. The Morgan fingerprint density at radius 1 is 1.25 bits per heavy atom. The fraction of sp³-hybridized carbons (Fsp3) is 0.500. The summed E-state index contributed by atoms with van der Waals surface area (Å²) >= 11 is 0. The standard InChI is InChI=1S/C18H28N6/c1-6-20-18(21-10-8-16-7-9-19-11-13(16)2)22-12-17-14(3)23-24(5)15(17)4/h7,9,11H,6,8,10,12H2,1-5H3,(H2,20,21,22). The third kappa shape index (κ3) is 4.57. The first-order valence-corrected chi connectivity index (χ1v) is 8.43. The Labute approximate surface area is 144 Å². The van der Waals surface area contributed by atoms with Gasteiger partial charge in [0.15, 0.2) is 5.96 Å². The number of aliphatic imine (C=N–C) groups is 1. The highest BCUT2D eigenvalue weighted by Crippen LogP contribution is 2.12. The van der Waals surface area contributed by atoms with E-state index in [0.29, 0.717) is 6.54 Å². The number of guanidine groups is 1. The molecule has 24 heavy (non-hydrogen) atoms. The number of rotatable bonds is 6. The molecule has 2 heterocycles. The van der Waals surface area contributed by atoms with Crippen LogP contribution in [0.1, 0.15) is 35.0 Å². The van der Waals surface area contributed by atoms with Crippen molar-refractivity contribution in [2.45, 2.75) is 40.7 Å². The fourth-order valence-electron chi connectivity index (χ4n) is 2.64. The van der Waals surface area contributed by atoms with Crippen LogP contribution in [0.3, 0.4) is 0 Å². The highest BCUT2D eigenvalue weighted by atomic mass is 15.3. The van der Waals surface area contributed by atoms with E-state index in [2.05, 4.69) is 47.6 Å². The lowest BCUT2D eigenvalue weighted by molar-refractivity contribution is 0.730. The second-order valence-corrected chi connectivity index (χ2v) is 5.95. The highest BCUT2D eigenvalue weighted by Gasteiger charge is 2.09. The average Bonchev–Trinajstić information content (AvgIpc) is 2.79. The Morgan fingerprint density at radius 2 is 2.04 bits per heavy atom. The van der Waals surface area contributed by atoms with E-state index in [0.717, 1.165) is 31.2 Å². The molecular formula is C18H28N6. The van der Waals surface area contributed by atoms with Crippen LogP contribution in [0.5, 0.6) is 0 Å². The summed E-state index contributed by atoms with van der Waals surface area (Å²) in [5.74, 6) is 0.840. The molecule has 2 aromatic heterocycles. The molecule has 0 unspecified atom stereocenters. The molecule has 0 amide bonds. The minimum Gasteiger partial charge on any atom is -0.357 e. The smallest absolute Gasteiger partial charge is 0.191 e. The van der Waals surface area contributed by atoms with Gasteiger partial charge in [0.05, 0.1) is 12.2 Å². The maximum absolute atomic E-state index is 4.70. The SMILES string of the molecule is CCNC(=NCc1c(C)nn(C)c1C)NCCc1ccncc1C. The maximum Gasteiger partial charge on any atom is 0.191 e. The average molecular weight is 328 g/mol. The first-order valence-electron chi connectivity index (χ1n) is 8.43. The van der Waals surface area contributed by atoms with Crippen molar-refractivity contribution in [1.29, 1.82) is 0 Å². The van der Waals surface area contributed by atoms with Crippen LogP contribution >= 0.6 is 0 Å². The zero-order valence-corrected chi connectivity index (χ0v) is 15.3. The van der Waals surface area contributed by atoms with E-state index in [1.54, 1.807) is 0 Å². The summed E-state index contributed by atoms with van der Waals surface area (Å²) in [5, 5.41) is 11.1. The summed E-state index contributed by atoms with van der Waals surface area (Å²) in [6, 6.07) is 2.07. The van der Waals surface area contributed by atoms with Crippen molar-refractivity contribution < 1.29 is 0 Å². The van der Waals surface area contributed by atoms with Gasteiger partial charge in [0.1, 0.15) is 0 Å². The Bertz CT molecular complexity index is 702. The van der Waals surface area contributed by atoms with Gasteiger partial charge < -0.3 is 10.6 Å². The van der Waals surface area contributed by atoms with Gasteiger partial charge >= 0.3 is 0 Å². The minimum absolute atomic E-state index is 0.634. The molecule has 130 valence electrons. The second kappa shape index (κ2) is 8.47. The number of pyridine rings is 1. The van der Waals surface area contributed by atoms with Crippen molar-refractivity contribution >= 4 is 5.96 Å². The van der Waals surface area contributed by atoms with Crippen LogP contribution in [-0.4, -0.2) is 33.8 Å². The number of aryl methyl sites for hydroxylation is 3. The molecule has 0 aliphatic rings. The number of nitrogens with one attached hydrogen (secondary N) is 2. The van der Waals surface area contributed by atoms with Gasteiger partial charge in [-0.25, -0.2) is 4.99 Å². The Balaban J connectivity index is 1.97. The van der Waals surface area contributed by atoms with Crippen LogP contribution in [-0.2, 0) is 20.0 Å². The van der Waals surface area contributed by atoms with Crippen LogP contribution in [0.15, 0.2) is 23.5 Å². The summed E-state index contributed by atoms with van der Waals surface area (Å²) in [6.45, 7) is 10.6. The predicted molar refractivity (Wildman–Crippen MR) is 98.2 cm³/mol. The first-order chi connectivity index (χ1) is 11.5. The quantitative estimate of drug-likeness (QED) is 0.629. The van der Waals surface area contributed by atoms with E-state index in [1.807, 2.05) is 31.0 Å². The monoisotopic (exact) mass is 328 g/mol. The lowest BCUT2D eigenvalue weighted by atomic mass is 10.1. The van der Waals surface area contributed by atoms with E-state index < -0.39 is 0 Å². The molecule has 0 atom stereocenters. The molecule has 0 fully saturated rings. The first kappa shape index (κ1) is 18.0. The molecule has 0 bridgehead atoms. The van der Waals surface area contributed by atoms with Crippen LogP contribution < -0.4 is 10.6 Å². The molecule has 0 aromatic carbocycles.